The normalized spacial score (nSPS) is 12.0. The van der Waals surface area contributed by atoms with Crippen LogP contribution in [-0.4, -0.2) is 23.7 Å². The lowest BCUT2D eigenvalue weighted by molar-refractivity contribution is -0.139. The maximum absolute atomic E-state index is 11.7. The van der Waals surface area contributed by atoms with Gasteiger partial charge >= 0.3 is 5.97 Å². The predicted molar refractivity (Wildman–Crippen MR) is 69.6 cm³/mol. The van der Waals surface area contributed by atoms with Crippen LogP contribution in [0.15, 0.2) is 18.2 Å². The highest BCUT2D eigenvalue weighted by Gasteiger charge is 2.13. The van der Waals surface area contributed by atoms with Gasteiger partial charge in [-0.3, -0.25) is 9.59 Å². The number of aryl methyl sites for hydroxylation is 1. The standard InChI is InChI=1S/C13H15BrO3/c1-8-6-11(13(16)9(2)14)5-4-10(8)7-12(15)17-3/h4-6,9H,7H2,1-3H3. The van der Waals surface area contributed by atoms with Gasteiger partial charge in [-0.15, -0.1) is 0 Å². The summed E-state index contributed by atoms with van der Waals surface area (Å²) in [5.41, 5.74) is 2.46. The molecule has 92 valence electrons. The second-order valence-electron chi connectivity index (χ2n) is 3.87. The zero-order valence-electron chi connectivity index (χ0n) is 10.1. The number of benzene rings is 1. The third-order valence-electron chi connectivity index (χ3n) is 2.55. The molecule has 0 amide bonds. The molecule has 0 bridgehead atoms. The van der Waals surface area contributed by atoms with Crippen LogP contribution in [0.3, 0.4) is 0 Å². The summed E-state index contributed by atoms with van der Waals surface area (Å²) in [5, 5.41) is 0. The Labute approximate surface area is 109 Å². The molecule has 0 aliphatic heterocycles. The number of esters is 1. The molecule has 1 aromatic rings. The van der Waals surface area contributed by atoms with E-state index in [4.69, 9.17) is 0 Å². The van der Waals surface area contributed by atoms with Crippen LogP contribution < -0.4 is 0 Å². The molecule has 0 saturated carbocycles. The van der Waals surface area contributed by atoms with Gasteiger partial charge in [0, 0.05) is 5.56 Å². The fourth-order valence-corrected chi connectivity index (χ4v) is 1.77. The van der Waals surface area contributed by atoms with Gasteiger partial charge in [0.05, 0.1) is 18.4 Å². The number of ketones is 1. The second-order valence-corrected chi connectivity index (χ2v) is 5.25. The van der Waals surface area contributed by atoms with Crippen LogP contribution in [0.25, 0.3) is 0 Å². The molecule has 0 heterocycles. The highest BCUT2D eigenvalue weighted by atomic mass is 79.9. The topological polar surface area (TPSA) is 43.4 Å². The Hall–Kier alpha value is -1.16. The SMILES string of the molecule is COC(=O)Cc1ccc(C(=O)C(C)Br)cc1C. The van der Waals surface area contributed by atoms with Gasteiger partial charge in [-0.25, -0.2) is 0 Å². The molecule has 0 N–H and O–H groups in total. The van der Waals surface area contributed by atoms with Gasteiger partial charge in [-0.05, 0) is 31.0 Å². The fraction of sp³-hybridized carbons (Fsp3) is 0.385. The summed E-state index contributed by atoms with van der Waals surface area (Å²) in [5.74, 6) is -0.237. The average molecular weight is 299 g/mol. The van der Waals surface area contributed by atoms with E-state index in [9.17, 15) is 9.59 Å². The van der Waals surface area contributed by atoms with Crippen molar-refractivity contribution in [1.82, 2.24) is 0 Å². The molecular weight excluding hydrogens is 284 g/mol. The number of alkyl halides is 1. The first kappa shape index (κ1) is 13.9. The van der Waals surface area contributed by atoms with Crippen molar-refractivity contribution in [3.05, 3.63) is 34.9 Å². The number of hydrogen-bond acceptors (Lipinski definition) is 3. The van der Waals surface area contributed by atoms with E-state index in [1.165, 1.54) is 7.11 Å². The minimum absolute atomic E-state index is 0.0396. The Bertz CT molecular complexity index is 438. The van der Waals surface area contributed by atoms with Crippen LogP contribution in [-0.2, 0) is 16.0 Å². The number of methoxy groups -OCH3 is 1. The molecule has 0 aliphatic carbocycles. The first-order valence-electron chi connectivity index (χ1n) is 5.30. The molecule has 1 unspecified atom stereocenters. The van der Waals surface area contributed by atoms with Gasteiger partial charge in [0.15, 0.2) is 5.78 Å². The lowest BCUT2D eigenvalue weighted by atomic mass is 10.00. The lowest BCUT2D eigenvalue weighted by Crippen LogP contribution is -2.11. The summed E-state index contributed by atoms with van der Waals surface area (Å²) < 4.78 is 4.61. The molecule has 0 saturated heterocycles. The Morgan fingerprint density at radius 2 is 2.06 bits per heavy atom. The van der Waals surface area contributed by atoms with E-state index in [-0.39, 0.29) is 23.0 Å². The zero-order chi connectivity index (χ0) is 13.0. The molecule has 1 aromatic carbocycles. The van der Waals surface area contributed by atoms with E-state index in [2.05, 4.69) is 20.7 Å². The van der Waals surface area contributed by atoms with Crippen LogP contribution in [0.2, 0.25) is 0 Å². The van der Waals surface area contributed by atoms with Crippen LogP contribution in [0, 0.1) is 6.92 Å². The van der Waals surface area contributed by atoms with E-state index >= 15 is 0 Å². The lowest BCUT2D eigenvalue weighted by Gasteiger charge is -2.08. The summed E-state index contributed by atoms with van der Waals surface area (Å²) in [6.07, 6.45) is 0.237. The van der Waals surface area contributed by atoms with Crippen molar-refractivity contribution in [1.29, 1.82) is 0 Å². The number of hydrogen-bond donors (Lipinski definition) is 0. The van der Waals surface area contributed by atoms with Crippen molar-refractivity contribution >= 4 is 27.7 Å². The average Bonchev–Trinajstić information content (AvgIpc) is 2.30. The van der Waals surface area contributed by atoms with E-state index in [0.717, 1.165) is 11.1 Å². The van der Waals surface area contributed by atoms with E-state index in [1.54, 1.807) is 25.1 Å². The molecular formula is C13H15BrO3. The third kappa shape index (κ3) is 3.66. The number of halogens is 1. The first-order valence-corrected chi connectivity index (χ1v) is 6.22. The monoisotopic (exact) mass is 298 g/mol. The molecule has 0 radical (unpaired) electrons. The largest absolute Gasteiger partial charge is 0.469 e. The van der Waals surface area contributed by atoms with Crippen LogP contribution >= 0.6 is 15.9 Å². The van der Waals surface area contributed by atoms with Crippen molar-refractivity contribution in [3.63, 3.8) is 0 Å². The molecule has 3 nitrogen and oxygen atoms in total. The van der Waals surface area contributed by atoms with Crippen molar-refractivity contribution < 1.29 is 14.3 Å². The van der Waals surface area contributed by atoms with E-state index < -0.39 is 0 Å². The smallest absolute Gasteiger partial charge is 0.309 e. The number of carbonyl (C=O) groups excluding carboxylic acids is 2. The van der Waals surface area contributed by atoms with Gasteiger partial charge in [0.1, 0.15) is 0 Å². The quantitative estimate of drug-likeness (QED) is 0.488. The molecule has 0 aliphatic rings. The summed E-state index contributed by atoms with van der Waals surface area (Å²) in [6, 6.07) is 5.35. The maximum atomic E-state index is 11.7. The number of carbonyl (C=O) groups is 2. The van der Waals surface area contributed by atoms with Gasteiger partial charge in [-0.2, -0.15) is 0 Å². The van der Waals surface area contributed by atoms with Gasteiger partial charge in [0.25, 0.3) is 0 Å². The highest BCUT2D eigenvalue weighted by molar-refractivity contribution is 9.10. The molecule has 0 aromatic heterocycles. The fourth-order valence-electron chi connectivity index (χ4n) is 1.50. The summed E-state index contributed by atoms with van der Waals surface area (Å²) >= 11 is 3.25. The summed E-state index contributed by atoms with van der Waals surface area (Å²) in [6.45, 7) is 3.67. The Kier molecular flexibility index (Phi) is 4.87. The third-order valence-corrected chi connectivity index (χ3v) is 2.97. The molecule has 0 spiro atoms. The van der Waals surface area contributed by atoms with E-state index in [0.29, 0.717) is 5.56 Å². The molecule has 0 fully saturated rings. The van der Waals surface area contributed by atoms with Crippen molar-refractivity contribution in [2.24, 2.45) is 0 Å². The maximum Gasteiger partial charge on any atom is 0.309 e. The first-order chi connectivity index (χ1) is 7.95. The summed E-state index contributed by atoms with van der Waals surface area (Å²) in [4.78, 5) is 22.7. The number of ether oxygens (including phenoxy) is 1. The number of Topliss-reactive ketones (excluding diaryl/α,β-unsaturated/α-hetero) is 1. The minimum atomic E-state index is -0.277. The van der Waals surface area contributed by atoms with Crippen LogP contribution in [0.5, 0.6) is 0 Å². The molecule has 4 heteroatoms. The summed E-state index contributed by atoms with van der Waals surface area (Å²) in [7, 11) is 1.36. The van der Waals surface area contributed by atoms with Gasteiger partial charge < -0.3 is 4.74 Å². The van der Waals surface area contributed by atoms with Gasteiger partial charge in [-0.1, -0.05) is 28.1 Å². The van der Waals surface area contributed by atoms with Crippen molar-refractivity contribution in [2.45, 2.75) is 25.1 Å². The molecule has 1 atom stereocenters. The van der Waals surface area contributed by atoms with Crippen LogP contribution in [0.4, 0.5) is 0 Å². The zero-order valence-corrected chi connectivity index (χ0v) is 11.7. The minimum Gasteiger partial charge on any atom is -0.469 e. The molecule has 1 rings (SSSR count). The van der Waals surface area contributed by atoms with E-state index in [1.807, 2.05) is 6.92 Å². The Balaban J connectivity index is 2.94. The van der Waals surface area contributed by atoms with Gasteiger partial charge in [0.2, 0.25) is 0 Å². The van der Waals surface area contributed by atoms with Crippen molar-refractivity contribution in [3.8, 4) is 0 Å². The highest BCUT2D eigenvalue weighted by Crippen LogP contribution is 2.16. The molecule has 17 heavy (non-hydrogen) atoms. The van der Waals surface area contributed by atoms with Crippen LogP contribution in [0.1, 0.15) is 28.4 Å². The Morgan fingerprint density at radius 1 is 1.41 bits per heavy atom. The number of rotatable bonds is 4. The predicted octanol–water partition coefficient (Wildman–Crippen LogP) is 2.68. The second kappa shape index (κ2) is 5.96. The van der Waals surface area contributed by atoms with Crippen molar-refractivity contribution in [2.75, 3.05) is 7.11 Å². The Morgan fingerprint density at radius 3 is 2.53 bits per heavy atom.